The molecule has 1 aromatic carbocycles. The van der Waals surface area contributed by atoms with Gasteiger partial charge in [0, 0.05) is 49.2 Å². The zero-order valence-corrected chi connectivity index (χ0v) is 18.9. The van der Waals surface area contributed by atoms with Gasteiger partial charge in [0.25, 0.3) is 5.69 Å². The smallest absolute Gasteiger partial charge is 0.287 e. The first-order valence-electron chi connectivity index (χ1n) is 9.78. The number of hydrogen-bond acceptors (Lipinski definition) is 8. The maximum atomic E-state index is 10.7. The third kappa shape index (κ3) is 5.18. The third-order valence-electron chi connectivity index (χ3n) is 4.78. The van der Waals surface area contributed by atoms with Gasteiger partial charge < -0.3 is 14.8 Å². The molecule has 12 heteroatoms. The van der Waals surface area contributed by atoms with E-state index in [0.29, 0.717) is 40.6 Å². The Balaban J connectivity index is 1.54. The first kappa shape index (κ1) is 22.4. The largest absolute Gasteiger partial charge is 0.368 e. The van der Waals surface area contributed by atoms with Crippen molar-refractivity contribution in [3.8, 4) is 16.9 Å². The van der Waals surface area contributed by atoms with Gasteiger partial charge in [-0.1, -0.05) is 23.2 Å². The molecule has 0 saturated carbocycles. The molecule has 0 amide bonds. The molecule has 4 rings (SSSR count). The van der Waals surface area contributed by atoms with Crippen LogP contribution in [0.1, 0.15) is 0 Å². The Kier molecular flexibility index (Phi) is 6.66. The van der Waals surface area contributed by atoms with Gasteiger partial charge in [0.2, 0.25) is 5.95 Å². The number of likely N-dealkylation sites (N-methyl/N-ethyl adjacent to an activating group) is 1. The quantitative estimate of drug-likeness (QED) is 0.287. The molecule has 0 aliphatic heterocycles. The van der Waals surface area contributed by atoms with Crippen molar-refractivity contribution in [2.24, 2.45) is 0 Å². The molecular weight excluding hydrogens is 467 g/mol. The number of anilines is 2. The van der Waals surface area contributed by atoms with E-state index in [1.165, 1.54) is 12.3 Å². The van der Waals surface area contributed by atoms with Crippen molar-refractivity contribution in [3.63, 3.8) is 0 Å². The highest BCUT2D eigenvalue weighted by molar-refractivity contribution is 6.36. The predicted molar refractivity (Wildman–Crippen MR) is 127 cm³/mol. The SMILES string of the molecule is CN(CCNc1ccc([N+](=O)[O-])cn1)c1ncc(-n2ccnc2)c(-c2ccc(Cl)cc2Cl)n1. The summed E-state index contributed by atoms with van der Waals surface area (Å²) in [5.74, 6) is 1.04. The number of nitrogens with zero attached hydrogens (tertiary/aromatic N) is 7. The minimum absolute atomic E-state index is 0.0579. The molecule has 0 aliphatic rings. The standard InChI is InChI=1S/C21H18Cl2N8O2/c1-29(8-7-25-19-5-3-15(11-26-19)31(32)33)21-27-12-18(30-9-6-24-13-30)20(28-21)16-4-2-14(22)10-17(16)23/h2-6,9-13H,7-8H2,1H3,(H,25,26). The van der Waals surface area contributed by atoms with Crippen LogP contribution in [0.25, 0.3) is 16.9 Å². The average molecular weight is 485 g/mol. The molecule has 0 bridgehead atoms. The van der Waals surface area contributed by atoms with Crippen LogP contribution in [-0.4, -0.2) is 49.6 Å². The van der Waals surface area contributed by atoms with Crippen molar-refractivity contribution < 1.29 is 4.92 Å². The Morgan fingerprint density at radius 2 is 2.03 bits per heavy atom. The minimum Gasteiger partial charge on any atom is -0.368 e. The molecule has 168 valence electrons. The molecule has 1 N–H and O–H groups in total. The molecule has 0 radical (unpaired) electrons. The predicted octanol–water partition coefficient (Wildman–Crippen LogP) is 4.49. The summed E-state index contributed by atoms with van der Waals surface area (Å²) in [6, 6.07) is 8.21. The first-order chi connectivity index (χ1) is 15.9. The van der Waals surface area contributed by atoms with Gasteiger partial charge in [-0.25, -0.2) is 19.9 Å². The molecule has 3 aromatic heterocycles. The summed E-state index contributed by atoms with van der Waals surface area (Å²) in [5, 5.41) is 14.9. The van der Waals surface area contributed by atoms with Gasteiger partial charge >= 0.3 is 0 Å². The Morgan fingerprint density at radius 1 is 1.18 bits per heavy atom. The summed E-state index contributed by atoms with van der Waals surface area (Å²) >= 11 is 12.5. The minimum atomic E-state index is -0.486. The number of pyridine rings is 1. The number of imidazole rings is 1. The highest BCUT2D eigenvalue weighted by Crippen LogP contribution is 2.33. The summed E-state index contributed by atoms with van der Waals surface area (Å²) in [5.41, 5.74) is 2.02. The molecule has 4 aromatic rings. The summed E-state index contributed by atoms with van der Waals surface area (Å²) in [4.78, 5) is 29.6. The summed E-state index contributed by atoms with van der Waals surface area (Å²) < 4.78 is 1.81. The lowest BCUT2D eigenvalue weighted by atomic mass is 10.1. The molecule has 3 heterocycles. The molecule has 0 atom stereocenters. The van der Waals surface area contributed by atoms with Gasteiger partial charge in [0.1, 0.15) is 17.7 Å². The number of aromatic nitrogens is 5. The molecule has 0 aliphatic carbocycles. The van der Waals surface area contributed by atoms with Gasteiger partial charge in [0.15, 0.2) is 0 Å². The van der Waals surface area contributed by atoms with Crippen LogP contribution < -0.4 is 10.2 Å². The topological polar surface area (TPSA) is 115 Å². The lowest BCUT2D eigenvalue weighted by Gasteiger charge is -2.20. The molecular formula is C21H18Cl2N8O2. The van der Waals surface area contributed by atoms with Crippen molar-refractivity contribution in [1.29, 1.82) is 0 Å². The summed E-state index contributed by atoms with van der Waals surface area (Å²) in [6.07, 6.45) is 8.07. The normalized spacial score (nSPS) is 10.8. The second kappa shape index (κ2) is 9.80. The van der Waals surface area contributed by atoms with E-state index in [-0.39, 0.29) is 5.69 Å². The van der Waals surface area contributed by atoms with Crippen LogP contribution in [0.4, 0.5) is 17.5 Å². The highest BCUT2D eigenvalue weighted by atomic mass is 35.5. The lowest BCUT2D eigenvalue weighted by molar-refractivity contribution is -0.385. The Hall–Kier alpha value is -3.76. The fraction of sp³-hybridized carbons (Fsp3) is 0.143. The number of benzene rings is 1. The van der Waals surface area contributed by atoms with Crippen LogP contribution in [0.2, 0.25) is 10.0 Å². The second-order valence-electron chi connectivity index (χ2n) is 7.01. The van der Waals surface area contributed by atoms with Gasteiger partial charge in [-0.05, 0) is 24.3 Å². The van der Waals surface area contributed by atoms with Crippen molar-refractivity contribution >= 4 is 40.7 Å². The molecule has 33 heavy (non-hydrogen) atoms. The van der Waals surface area contributed by atoms with E-state index in [4.69, 9.17) is 28.2 Å². The maximum absolute atomic E-state index is 10.7. The van der Waals surface area contributed by atoms with Gasteiger partial charge in [-0.15, -0.1) is 0 Å². The van der Waals surface area contributed by atoms with E-state index in [0.717, 1.165) is 11.3 Å². The highest BCUT2D eigenvalue weighted by Gasteiger charge is 2.16. The zero-order valence-electron chi connectivity index (χ0n) is 17.4. The van der Waals surface area contributed by atoms with E-state index < -0.39 is 4.92 Å². The van der Waals surface area contributed by atoms with Crippen LogP contribution in [0, 0.1) is 10.1 Å². The third-order valence-corrected chi connectivity index (χ3v) is 5.33. The Labute approximate surface area is 199 Å². The van der Waals surface area contributed by atoms with Gasteiger partial charge in [-0.2, -0.15) is 0 Å². The number of hydrogen-bond donors (Lipinski definition) is 1. The number of nitro groups is 1. The Bertz CT molecular complexity index is 1270. The second-order valence-corrected chi connectivity index (χ2v) is 7.85. The molecule has 0 unspecified atom stereocenters. The van der Waals surface area contributed by atoms with E-state index in [9.17, 15) is 10.1 Å². The fourth-order valence-electron chi connectivity index (χ4n) is 3.07. The van der Waals surface area contributed by atoms with Crippen molar-refractivity contribution in [2.45, 2.75) is 0 Å². The zero-order chi connectivity index (χ0) is 23.4. The molecule has 10 nitrogen and oxygen atoms in total. The van der Waals surface area contributed by atoms with Crippen LogP contribution in [0.15, 0.2) is 61.4 Å². The summed E-state index contributed by atoms with van der Waals surface area (Å²) in [6.45, 7) is 1.07. The number of rotatable bonds is 8. The fourth-order valence-corrected chi connectivity index (χ4v) is 3.57. The molecule has 0 saturated heterocycles. The van der Waals surface area contributed by atoms with Gasteiger partial charge in [-0.3, -0.25) is 10.1 Å². The van der Waals surface area contributed by atoms with Crippen LogP contribution >= 0.6 is 23.2 Å². The first-order valence-corrected chi connectivity index (χ1v) is 10.5. The van der Waals surface area contributed by atoms with Crippen molar-refractivity contribution in [3.05, 3.63) is 81.6 Å². The van der Waals surface area contributed by atoms with E-state index in [1.807, 2.05) is 22.6 Å². The van der Waals surface area contributed by atoms with Crippen LogP contribution in [0.5, 0.6) is 0 Å². The van der Waals surface area contributed by atoms with E-state index in [2.05, 4.69) is 20.3 Å². The average Bonchev–Trinajstić information content (AvgIpc) is 3.34. The van der Waals surface area contributed by atoms with Crippen molar-refractivity contribution in [2.75, 3.05) is 30.4 Å². The number of nitrogens with one attached hydrogen (secondary N) is 1. The van der Waals surface area contributed by atoms with E-state index in [1.54, 1.807) is 43.1 Å². The summed E-state index contributed by atoms with van der Waals surface area (Å²) in [7, 11) is 1.87. The monoisotopic (exact) mass is 484 g/mol. The maximum Gasteiger partial charge on any atom is 0.287 e. The van der Waals surface area contributed by atoms with E-state index >= 15 is 0 Å². The Morgan fingerprint density at radius 3 is 2.70 bits per heavy atom. The molecule has 0 fully saturated rings. The lowest BCUT2D eigenvalue weighted by Crippen LogP contribution is -2.27. The van der Waals surface area contributed by atoms with Crippen LogP contribution in [0.3, 0.4) is 0 Å². The van der Waals surface area contributed by atoms with Crippen LogP contribution in [-0.2, 0) is 0 Å². The molecule has 0 spiro atoms. The van der Waals surface area contributed by atoms with Gasteiger partial charge in [0.05, 0.1) is 28.2 Å². The van der Waals surface area contributed by atoms with Crippen molar-refractivity contribution in [1.82, 2.24) is 24.5 Å². The number of halogens is 2.